The Morgan fingerprint density at radius 2 is 2.09 bits per heavy atom. The number of benzene rings is 1. The SMILES string of the molecule is CC(C)OC=O.N#Cc1c(COc2ccc(S(=O)(=O)CCO)cc2F)cnn1C1CCNCC1. The highest BCUT2D eigenvalue weighted by Gasteiger charge is 2.22. The normalized spacial score (nSPS) is 14.1. The number of carbonyl (C=O) groups excluding carboxylic acids is 1. The number of nitriles is 1. The van der Waals surface area contributed by atoms with E-state index in [-0.39, 0.29) is 29.4 Å². The second-order valence-corrected chi connectivity index (χ2v) is 9.87. The van der Waals surface area contributed by atoms with Gasteiger partial charge in [-0.3, -0.25) is 9.48 Å². The third kappa shape index (κ3) is 7.51. The van der Waals surface area contributed by atoms with Gasteiger partial charge in [-0.15, -0.1) is 0 Å². The summed E-state index contributed by atoms with van der Waals surface area (Å²) in [4.78, 5) is 9.17. The molecule has 1 aliphatic rings. The van der Waals surface area contributed by atoms with Gasteiger partial charge in [0.05, 0.1) is 35.6 Å². The summed E-state index contributed by atoms with van der Waals surface area (Å²) in [5, 5.41) is 25.9. The fourth-order valence-electron chi connectivity index (χ4n) is 3.25. The summed E-state index contributed by atoms with van der Waals surface area (Å²) in [6, 6.07) is 5.59. The van der Waals surface area contributed by atoms with Gasteiger partial charge >= 0.3 is 0 Å². The fraction of sp³-hybridized carbons (Fsp3) is 0.500. The van der Waals surface area contributed by atoms with Crippen LogP contribution in [0.2, 0.25) is 0 Å². The molecule has 1 saturated heterocycles. The van der Waals surface area contributed by atoms with E-state index in [9.17, 15) is 22.9 Å². The van der Waals surface area contributed by atoms with E-state index in [0.717, 1.165) is 32.0 Å². The summed E-state index contributed by atoms with van der Waals surface area (Å²) in [6.45, 7) is 5.16. The lowest BCUT2D eigenvalue weighted by Gasteiger charge is -2.23. The number of nitrogens with one attached hydrogen (secondary N) is 1. The van der Waals surface area contributed by atoms with E-state index < -0.39 is 28.0 Å². The highest BCUT2D eigenvalue weighted by molar-refractivity contribution is 7.91. The number of carbonyl (C=O) groups is 1. The lowest BCUT2D eigenvalue weighted by molar-refractivity contribution is -0.131. The number of rotatable bonds is 9. The van der Waals surface area contributed by atoms with Gasteiger partial charge in [0.1, 0.15) is 18.4 Å². The lowest BCUT2D eigenvalue weighted by atomic mass is 10.1. The van der Waals surface area contributed by atoms with Crippen molar-refractivity contribution in [3.63, 3.8) is 0 Å². The lowest BCUT2D eigenvalue weighted by Crippen LogP contribution is -2.30. The summed E-state index contributed by atoms with van der Waals surface area (Å²) in [6.07, 6.45) is 3.31. The molecule has 1 aromatic carbocycles. The van der Waals surface area contributed by atoms with Crippen molar-refractivity contribution in [2.45, 2.75) is 50.3 Å². The summed E-state index contributed by atoms with van der Waals surface area (Å²) < 4.78 is 49.6. The summed E-state index contributed by atoms with van der Waals surface area (Å²) in [7, 11) is -3.74. The molecule has 0 saturated carbocycles. The molecule has 12 heteroatoms. The van der Waals surface area contributed by atoms with Gasteiger partial charge in [0.15, 0.2) is 21.4 Å². The molecule has 2 N–H and O–H groups in total. The predicted octanol–water partition coefficient (Wildman–Crippen LogP) is 1.73. The van der Waals surface area contributed by atoms with Gasteiger partial charge in [-0.05, 0) is 58.0 Å². The van der Waals surface area contributed by atoms with Crippen LogP contribution in [-0.4, -0.2) is 61.3 Å². The molecule has 2 heterocycles. The van der Waals surface area contributed by atoms with E-state index in [1.54, 1.807) is 24.7 Å². The van der Waals surface area contributed by atoms with Gasteiger partial charge in [-0.25, -0.2) is 12.8 Å². The maximum atomic E-state index is 14.3. The number of halogens is 1. The largest absolute Gasteiger partial charge is 0.486 e. The Hall–Kier alpha value is -3.01. The number of nitrogens with zero attached hydrogens (tertiary/aromatic N) is 3. The van der Waals surface area contributed by atoms with E-state index in [2.05, 4.69) is 21.2 Å². The minimum Gasteiger partial charge on any atom is -0.486 e. The van der Waals surface area contributed by atoms with Crippen LogP contribution >= 0.6 is 0 Å². The van der Waals surface area contributed by atoms with Crippen LogP contribution in [0, 0.1) is 17.1 Å². The van der Waals surface area contributed by atoms with Crippen LogP contribution in [0.4, 0.5) is 4.39 Å². The molecule has 3 rings (SSSR count). The van der Waals surface area contributed by atoms with Gasteiger partial charge in [-0.2, -0.15) is 10.4 Å². The Bertz CT molecular complexity index is 1090. The molecule has 10 nitrogen and oxygen atoms in total. The Morgan fingerprint density at radius 1 is 1.38 bits per heavy atom. The number of aliphatic hydroxyl groups excluding tert-OH is 1. The molecule has 0 spiro atoms. The highest BCUT2D eigenvalue weighted by Crippen LogP contribution is 2.25. The first-order valence-electron chi connectivity index (χ1n) is 10.8. The molecule has 2 aromatic rings. The van der Waals surface area contributed by atoms with Crippen molar-refractivity contribution in [1.29, 1.82) is 5.26 Å². The first-order valence-corrected chi connectivity index (χ1v) is 12.4. The van der Waals surface area contributed by atoms with Gasteiger partial charge < -0.3 is 19.9 Å². The van der Waals surface area contributed by atoms with Crippen LogP contribution < -0.4 is 10.1 Å². The third-order valence-corrected chi connectivity index (χ3v) is 6.66. The number of ether oxygens (including phenoxy) is 2. The third-order valence-electron chi connectivity index (χ3n) is 4.97. The molecule has 1 aromatic heterocycles. The molecule has 186 valence electrons. The van der Waals surface area contributed by atoms with E-state index in [0.29, 0.717) is 17.7 Å². The van der Waals surface area contributed by atoms with Crippen LogP contribution in [0.3, 0.4) is 0 Å². The van der Waals surface area contributed by atoms with Crippen LogP contribution in [0.5, 0.6) is 5.75 Å². The van der Waals surface area contributed by atoms with Crippen molar-refractivity contribution in [3.05, 3.63) is 41.5 Å². The molecule has 34 heavy (non-hydrogen) atoms. The van der Waals surface area contributed by atoms with E-state index in [1.807, 2.05) is 0 Å². The van der Waals surface area contributed by atoms with Gasteiger partial charge in [-0.1, -0.05) is 0 Å². The topological polar surface area (TPSA) is 144 Å². The van der Waals surface area contributed by atoms with Gasteiger partial charge in [0.25, 0.3) is 6.47 Å². The molecular weight excluding hydrogens is 467 g/mol. The molecule has 0 amide bonds. The van der Waals surface area contributed by atoms with Crippen molar-refractivity contribution in [3.8, 4) is 11.8 Å². The summed E-state index contributed by atoms with van der Waals surface area (Å²) in [5.74, 6) is -1.43. The number of aromatic nitrogens is 2. The van der Waals surface area contributed by atoms with E-state index >= 15 is 0 Å². The number of hydrogen-bond acceptors (Lipinski definition) is 9. The monoisotopic (exact) mass is 496 g/mol. The smallest absolute Gasteiger partial charge is 0.293 e. The minimum atomic E-state index is -3.74. The molecule has 0 atom stereocenters. The van der Waals surface area contributed by atoms with Crippen molar-refractivity contribution >= 4 is 16.3 Å². The van der Waals surface area contributed by atoms with E-state index in [1.165, 1.54) is 12.1 Å². The molecule has 0 bridgehead atoms. The first-order chi connectivity index (χ1) is 16.2. The average Bonchev–Trinajstić information content (AvgIpc) is 3.22. The number of sulfone groups is 1. The van der Waals surface area contributed by atoms with Gasteiger partial charge in [0, 0.05) is 5.56 Å². The Kier molecular flexibility index (Phi) is 10.4. The molecule has 0 aliphatic carbocycles. The second kappa shape index (κ2) is 13.0. The minimum absolute atomic E-state index is 0.0301. The van der Waals surface area contributed by atoms with Crippen LogP contribution in [0.25, 0.3) is 0 Å². The standard InChI is InChI=1S/C18H21FN4O4S.C4H8O2/c19-16-9-15(28(25,26)8-7-24)1-2-18(16)27-12-13-11-22-23(17(13)10-20)14-3-5-21-6-4-14;1-4(2)6-3-5/h1-2,9,11,14,21,24H,3-8,12H2;3-4H,1-2H3. The van der Waals surface area contributed by atoms with Crippen LogP contribution in [-0.2, 0) is 26.0 Å². The maximum absolute atomic E-state index is 14.3. The summed E-state index contributed by atoms with van der Waals surface area (Å²) >= 11 is 0. The Morgan fingerprint density at radius 3 is 2.62 bits per heavy atom. The quantitative estimate of drug-likeness (QED) is 0.496. The summed E-state index contributed by atoms with van der Waals surface area (Å²) in [5.41, 5.74) is 0.923. The van der Waals surface area contributed by atoms with Crippen molar-refractivity contribution < 1.29 is 32.2 Å². The Balaban J connectivity index is 0.000000604. The van der Waals surface area contributed by atoms with Crippen molar-refractivity contribution in [2.24, 2.45) is 0 Å². The van der Waals surface area contributed by atoms with Gasteiger partial charge in [0.2, 0.25) is 0 Å². The average molecular weight is 497 g/mol. The number of piperidine rings is 1. The molecule has 0 unspecified atom stereocenters. The number of aliphatic hydroxyl groups is 1. The van der Waals surface area contributed by atoms with Crippen molar-refractivity contribution in [1.82, 2.24) is 15.1 Å². The molecule has 0 radical (unpaired) electrons. The highest BCUT2D eigenvalue weighted by atomic mass is 32.2. The van der Waals surface area contributed by atoms with Crippen LogP contribution in [0.15, 0.2) is 29.3 Å². The fourth-order valence-corrected chi connectivity index (χ4v) is 4.29. The zero-order valence-electron chi connectivity index (χ0n) is 19.1. The number of hydrogen-bond donors (Lipinski definition) is 2. The zero-order chi connectivity index (χ0) is 25.1. The zero-order valence-corrected chi connectivity index (χ0v) is 19.9. The molecule has 1 aliphatic heterocycles. The maximum Gasteiger partial charge on any atom is 0.293 e. The van der Waals surface area contributed by atoms with E-state index in [4.69, 9.17) is 9.84 Å². The Labute approximate surface area is 198 Å². The predicted molar refractivity (Wildman–Crippen MR) is 120 cm³/mol. The van der Waals surface area contributed by atoms with Crippen molar-refractivity contribution in [2.75, 3.05) is 25.4 Å². The first kappa shape index (κ1) is 27.2. The second-order valence-electron chi connectivity index (χ2n) is 7.76. The molecule has 1 fully saturated rings. The molecular formula is C22H29FN4O6S. The van der Waals surface area contributed by atoms with Crippen LogP contribution in [0.1, 0.15) is 44.0 Å².